The first-order valence-electron chi connectivity index (χ1n) is 10.5. The van der Waals surface area contributed by atoms with Crippen LogP contribution in [-0.2, 0) is 17.9 Å². The first-order valence-corrected chi connectivity index (χ1v) is 10.9. The topological polar surface area (TPSA) is 96.3 Å². The second-order valence-corrected chi connectivity index (χ2v) is 8.91. The van der Waals surface area contributed by atoms with E-state index in [1.54, 1.807) is 26.1 Å². The van der Waals surface area contributed by atoms with Gasteiger partial charge in [-0.1, -0.05) is 36.6 Å². The summed E-state index contributed by atoms with van der Waals surface area (Å²) in [4.78, 5) is 40.1. The van der Waals surface area contributed by atoms with E-state index in [1.807, 2.05) is 12.1 Å². The summed E-state index contributed by atoms with van der Waals surface area (Å²) in [5.41, 5.74) is 0.213. The van der Waals surface area contributed by atoms with Crippen molar-refractivity contribution in [1.29, 1.82) is 0 Å². The standard InChI is InChI=1S/C22H26ClN5O3/c1-22(21(31)25-16-8-3-4-9-16)13-28-18(20(30)27(22)2)11-17(26-28)19(29)24-12-14-6-5-7-15(23)10-14/h5-7,10-11,16H,3-4,8-9,12-13H2,1-2H3,(H,24,29)(H,25,31)/t22-/m1/s1. The summed E-state index contributed by atoms with van der Waals surface area (Å²) in [6.45, 7) is 2.21. The normalized spacial score (nSPS) is 21.1. The van der Waals surface area contributed by atoms with Crippen LogP contribution < -0.4 is 10.6 Å². The van der Waals surface area contributed by atoms with Crippen molar-refractivity contribution in [2.24, 2.45) is 0 Å². The molecule has 4 rings (SSSR count). The average Bonchev–Trinajstić information content (AvgIpc) is 3.40. The minimum atomic E-state index is -1.08. The fourth-order valence-corrected chi connectivity index (χ4v) is 4.38. The van der Waals surface area contributed by atoms with Gasteiger partial charge in [0.1, 0.15) is 11.2 Å². The summed E-state index contributed by atoms with van der Waals surface area (Å²) < 4.78 is 1.46. The van der Waals surface area contributed by atoms with Crippen molar-refractivity contribution in [3.8, 4) is 0 Å². The lowest BCUT2D eigenvalue weighted by molar-refractivity contribution is -0.133. The third kappa shape index (κ3) is 4.17. The highest BCUT2D eigenvalue weighted by atomic mass is 35.5. The Morgan fingerprint density at radius 1 is 1.26 bits per heavy atom. The van der Waals surface area contributed by atoms with Gasteiger partial charge in [-0.3, -0.25) is 19.1 Å². The van der Waals surface area contributed by atoms with Crippen LogP contribution in [0.5, 0.6) is 0 Å². The molecule has 1 atom stereocenters. The molecule has 1 aromatic heterocycles. The molecule has 9 heteroatoms. The number of halogens is 1. The van der Waals surface area contributed by atoms with Gasteiger partial charge in [0, 0.05) is 30.7 Å². The molecule has 1 aliphatic carbocycles. The molecule has 1 aromatic carbocycles. The van der Waals surface area contributed by atoms with Gasteiger partial charge in [0.2, 0.25) is 5.91 Å². The van der Waals surface area contributed by atoms with Crippen molar-refractivity contribution < 1.29 is 14.4 Å². The van der Waals surface area contributed by atoms with Gasteiger partial charge in [-0.05, 0) is 37.5 Å². The van der Waals surface area contributed by atoms with Gasteiger partial charge in [0.15, 0.2) is 5.69 Å². The molecule has 3 amide bonds. The molecule has 0 spiro atoms. The Labute approximate surface area is 185 Å². The summed E-state index contributed by atoms with van der Waals surface area (Å²) >= 11 is 5.98. The molecule has 0 radical (unpaired) electrons. The molecule has 0 unspecified atom stereocenters. The first-order chi connectivity index (χ1) is 14.8. The van der Waals surface area contributed by atoms with Gasteiger partial charge in [-0.25, -0.2) is 0 Å². The number of amides is 3. The minimum absolute atomic E-state index is 0.138. The quantitative estimate of drug-likeness (QED) is 0.741. The highest BCUT2D eigenvalue weighted by Gasteiger charge is 2.46. The van der Waals surface area contributed by atoms with Crippen LogP contribution in [0, 0.1) is 0 Å². The van der Waals surface area contributed by atoms with E-state index >= 15 is 0 Å². The van der Waals surface area contributed by atoms with E-state index in [2.05, 4.69) is 15.7 Å². The van der Waals surface area contributed by atoms with Gasteiger partial charge in [-0.2, -0.15) is 5.10 Å². The summed E-state index contributed by atoms with van der Waals surface area (Å²) in [6, 6.07) is 8.83. The lowest BCUT2D eigenvalue weighted by Gasteiger charge is -2.41. The van der Waals surface area contributed by atoms with E-state index in [0.717, 1.165) is 31.2 Å². The monoisotopic (exact) mass is 443 g/mol. The van der Waals surface area contributed by atoms with E-state index in [0.29, 0.717) is 10.7 Å². The fraction of sp³-hybridized carbons (Fsp3) is 0.455. The molecule has 1 saturated carbocycles. The Hall–Kier alpha value is -2.87. The maximum Gasteiger partial charge on any atom is 0.272 e. The smallest absolute Gasteiger partial charge is 0.272 e. The number of hydrogen-bond donors (Lipinski definition) is 2. The van der Waals surface area contributed by atoms with Crippen LogP contribution in [0.15, 0.2) is 30.3 Å². The fourth-order valence-electron chi connectivity index (χ4n) is 4.17. The third-order valence-electron chi connectivity index (χ3n) is 6.26. The highest BCUT2D eigenvalue weighted by Crippen LogP contribution is 2.27. The van der Waals surface area contributed by atoms with Crippen molar-refractivity contribution in [3.05, 3.63) is 52.3 Å². The van der Waals surface area contributed by atoms with E-state index < -0.39 is 11.4 Å². The lowest BCUT2D eigenvalue weighted by atomic mass is 9.95. The van der Waals surface area contributed by atoms with Gasteiger partial charge in [-0.15, -0.1) is 0 Å². The van der Waals surface area contributed by atoms with E-state index in [4.69, 9.17) is 11.6 Å². The van der Waals surface area contributed by atoms with Crippen molar-refractivity contribution in [2.45, 2.75) is 57.3 Å². The summed E-state index contributed by atoms with van der Waals surface area (Å²) in [5, 5.41) is 10.8. The Morgan fingerprint density at radius 3 is 2.71 bits per heavy atom. The van der Waals surface area contributed by atoms with Gasteiger partial charge in [0.25, 0.3) is 11.8 Å². The summed E-state index contributed by atoms with van der Waals surface area (Å²) in [5.74, 6) is -0.922. The number of nitrogens with one attached hydrogen (secondary N) is 2. The van der Waals surface area contributed by atoms with E-state index in [9.17, 15) is 14.4 Å². The Morgan fingerprint density at radius 2 is 2.00 bits per heavy atom. The molecule has 0 saturated heterocycles. The predicted octanol–water partition coefficient (Wildman–Crippen LogP) is 2.37. The number of benzene rings is 1. The number of carbonyl (C=O) groups is 3. The van der Waals surface area contributed by atoms with Crippen LogP contribution >= 0.6 is 11.6 Å². The molecular weight excluding hydrogens is 418 g/mol. The second-order valence-electron chi connectivity index (χ2n) is 8.48. The third-order valence-corrected chi connectivity index (χ3v) is 6.49. The number of hydrogen-bond acceptors (Lipinski definition) is 4. The molecule has 2 N–H and O–H groups in total. The van der Waals surface area contributed by atoms with Crippen LogP contribution in [0.2, 0.25) is 5.02 Å². The van der Waals surface area contributed by atoms with Crippen molar-refractivity contribution in [3.63, 3.8) is 0 Å². The molecule has 2 aromatic rings. The number of nitrogens with zero attached hydrogens (tertiary/aromatic N) is 3. The number of rotatable bonds is 5. The van der Waals surface area contributed by atoms with Crippen molar-refractivity contribution in [1.82, 2.24) is 25.3 Å². The SMILES string of the molecule is CN1C(=O)c2cc(C(=O)NCc3cccc(Cl)c3)nn2C[C@]1(C)C(=O)NC1CCCC1. The average molecular weight is 444 g/mol. The Bertz CT molecular complexity index is 1030. The number of likely N-dealkylation sites (N-methyl/N-ethyl adjacent to an activating group) is 1. The molecular formula is C22H26ClN5O3. The minimum Gasteiger partial charge on any atom is -0.351 e. The van der Waals surface area contributed by atoms with Gasteiger partial charge in [0.05, 0.1) is 6.54 Å². The maximum atomic E-state index is 13.0. The van der Waals surface area contributed by atoms with Crippen molar-refractivity contribution in [2.75, 3.05) is 7.05 Å². The Balaban J connectivity index is 1.49. The zero-order valence-electron chi connectivity index (χ0n) is 17.7. The molecule has 1 fully saturated rings. The Kier molecular flexibility index (Phi) is 5.75. The van der Waals surface area contributed by atoms with Gasteiger partial charge < -0.3 is 15.5 Å². The van der Waals surface area contributed by atoms with E-state index in [-0.39, 0.29) is 36.6 Å². The van der Waals surface area contributed by atoms with Crippen LogP contribution in [0.3, 0.4) is 0 Å². The molecule has 2 heterocycles. The molecule has 0 bridgehead atoms. The highest BCUT2D eigenvalue weighted by molar-refractivity contribution is 6.30. The number of fused-ring (bicyclic) bond motifs is 1. The number of aromatic nitrogens is 2. The van der Waals surface area contributed by atoms with E-state index in [1.165, 1.54) is 15.6 Å². The second kappa shape index (κ2) is 8.34. The molecule has 164 valence electrons. The molecule has 8 nitrogen and oxygen atoms in total. The first kappa shape index (κ1) is 21.4. The van der Waals surface area contributed by atoms with Crippen molar-refractivity contribution >= 4 is 29.3 Å². The predicted molar refractivity (Wildman–Crippen MR) is 116 cm³/mol. The largest absolute Gasteiger partial charge is 0.351 e. The van der Waals surface area contributed by atoms with Crippen LogP contribution in [0.25, 0.3) is 0 Å². The maximum absolute atomic E-state index is 13.0. The number of carbonyl (C=O) groups excluding carboxylic acids is 3. The molecule has 2 aliphatic rings. The lowest BCUT2D eigenvalue weighted by Crippen LogP contribution is -2.63. The van der Waals surface area contributed by atoms with Crippen LogP contribution in [0.1, 0.15) is 59.1 Å². The van der Waals surface area contributed by atoms with Crippen LogP contribution in [-0.4, -0.2) is 51.0 Å². The summed E-state index contributed by atoms with van der Waals surface area (Å²) in [6.07, 6.45) is 4.13. The zero-order chi connectivity index (χ0) is 22.2. The molecule has 31 heavy (non-hydrogen) atoms. The van der Waals surface area contributed by atoms with Gasteiger partial charge >= 0.3 is 0 Å². The molecule has 1 aliphatic heterocycles. The zero-order valence-corrected chi connectivity index (χ0v) is 18.4. The summed E-state index contributed by atoms with van der Waals surface area (Å²) in [7, 11) is 1.62. The van der Waals surface area contributed by atoms with Crippen LogP contribution in [0.4, 0.5) is 0 Å².